The molecule has 3 aromatic carbocycles. The van der Waals surface area contributed by atoms with Crippen molar-refractivity contribution >= 4 is 33.0 Å². The number of ether oxygens (including phenoxy) is 1. The predicted molar refractivity (Wildman–Crippen MR) is 132 cm³/mol. The molecule has 0 heterocycles. The maximum atomic E-state index is 14.7. The first-order valence-electron chi connectivity index (χ1n) is 10.9. The number of hydrogen-bond acceptors (Lipinski definition) is 6. The van der Waals surface area contributed by atoms with E-state index >= 15 is 0 Å². The highest BCUT2D eigenvalue weighted by Crippen LogP contribution is 2.31. The first-order valence-corrected chi connectivity index (χ1v) is 12.7. The molecular formula is C24H25ClF2N2O5S. The fraction of sp³-hybridized carbons (Fsp3) is 0.333. The highest BCUT2D eigenvalue weighted by atomic mass is 35.5. The zero-order chi connectivity index (χ0) is 25.9. The molecule has 0 bridgehead atoms. The van der Waals surface area contributed by atoms with Gasteiger partial charge in [-0.25, -0.2) is 17.2 Å². The molecular weight excluding hydrogens is 502 g/mol. The first kappa shape index (κ1) is 26.6. The van der Waals surface area contributed by atoms with Gasteiger partial charge >= 0.3 is 0 Å². The minimum atomic E-state index is -4.28. The molecule has 0 spiro atoms. The van der Waals surface area contributed by atoms with Crippen molar-refractivity contribution in [2.75, 3.05) is 16.2 Å². The van der Waals surface area contributed by atoms with Crippen molar-refractivity contribution in [1.82, 2.24) is 0 Å². The Morgan fingerprint density at radius 2 is 1.69 bits per heavy atom. The third kappa shape index (κ3) is 5.82. The Bertz CT molecular complexity index is 1370. The molecule has 35 heavy (non-hydrogen) atoms. The summed E-state index contributed by atoms with van der Waals surface area (Å²) in [7, 11) is -4.28. The van der Waals surface area contributed by atoms with Crippen LogP contribution >= 0.6 is 11.6 Å². The standard InChI is InChI=1S/C24H25ClF2N2O5S/c1-14(2)34-24-21(22(30)23(24)31)28-12-4-5-15(3)29(20-13-17(26)8-11-19(20)27)35(32,33)18-9-6-16(25)7-10-18/h6-11,13-15,28H,4-5,12H2,1-3H3. The smallest absolute Gasteiger partial charge is 0.272 e. The van der Waals surface area contributed by atoms with Gasteiger partial charge in [0.05, 0.1) is 16.7 Å². The van der Waals surface area contributed by atoms with Crippen molar-refractivity contribution in [2.24, 2.45) is 0 Å². The maximum absolute atomic E-state index is 14.7. The summed E-state index contributed by atoms with van der Waals surface area (Å²) in [4.78, 5) is 23.4. The Morgan fingerprint density at radius 1 is 1.03 bits per heavy atom. The van der Waals surface area contributed by atoms with E-state index in [4.69, 9.17) is 16.3 Å². The number of nitrogens with zero attached hydrogens (tertiary/aromatic N) is 1. The lowest BCUT2D eigenvalue weighted by atomic mass is 10.1. The second-order valence-electron chi connectivity index (χ2n) is 8.30. The van der Waals surface area contributed by atoms with Crippen LogP contribution in [-0.4, -0.2) is 27.1 Å². The van der Waals surface area contributed by atoms with Crippen LogP contribution < -0.4 is 25.2 Å². The fourth-order valence-electron chi connectivity index (χ4n) is 3.59. The third-order valence-electron chi connectivity index (χ3n) is 5.24. The average molecular weight is 527 g/mol. The molecule has 3 aromatic rings. The molecule has 3 rings (SSSR count). The molecule has 7 nitrogen and oxygen atoms in total. The molecule has 0 aromatic heterocycles. The highest BCUT2D eigenvalue weighted by Gasteiger charge is 2.32. The van der Waals surface area contributed by atoms with Gasteiger partial charge in [-0.15, -0.1) is 0 Å². The summed E-state index contributed by atoms with van der Waals surface area (Å²) in [5, 5.41) is 3.18. The molecule has 0 fully saturated rings. The summed E-state index contributed by atoms with van der Waals surface area (Å²) in [6.45, 7) is 5.25. The van der Waals surface area contributed by atoms with Gasteiger partial charge in [-0.05, 0) is 70.0 Å². The summed E-state index contributed by atoms with van der Waals surface area (Å²) in [5.74, 6) is -1.70. The van der Waals surface area contributed by atoms with Gasteiger partial charge in [0, 0.05) is 23.7 Å². The highest BCUT2D eigenvalue weighted by molar-refractivity contribution is 7.92. The lowest BCUT2D eigenvalue weighted by molar-refractivity contribution is 0.238. The molecule has 11 heteroatoms. The van der Waals surface area contributed by atoms with Crippen molar-refractivity contribution in [1.29, 1.82) is 0 Å². The van der Waals surface area contributed by atoms with Gasteiger partial charge in [0.25, 0.3) is 20.9 Å². The normalized spacial score (nSPS) is 12.7. The van der Waals surface area contributed by atoms with Crippen LogP contribution in [-0.2, 0) is 10.0 Å². The summed E-state index contributed by atoms with van der Waals surface area (Å²) in [5.41, 5.74) is -1.72. The summed E-state index contributed by atoms with van der Waals surface area (Å²) >= 11 is 5.87. The number of sulfonamides is 1. The Kier molecular flexibility index (Phi) is 8.17. The van der Waals surface area contributed by atoms with Crippen molar-refractivity contribution in [3.8, 4) is 5.75 Å². The number of hydrogen-bond donors (Lipinski definition) is 1. The Hall–Kier alpha value is -2.98. The SMILES string of the molecule is CC(C)Oc1c(NCCCC(C)N(c2cc(F)ccc2F)S(=O)(=O)c2ccc(Cl)cc2)c(=O)c1=O. The van der Waals surface area contributed by atoms with E-state index < -0.39 is 44.2 Å². The summed E-state index contributed by atoms with van der Waals surface area (Å²) < 4.78 is 61.7. The van der Waals surface area contributed by atoms with Gasteiger partial charge < -0.3 is 10.1 Å². The van der Waals surface area contributed by atoms with Crippen molar-refractivity contribution in [3.05, 3.63) is 79.6 Å². The predicted octanol–water partition coefficient (Wildman–Crippen LogP) is 4.48. The third-order valence-corrected chi connectivity index (χ3v) is 7.43. The molecule has 1 atom stereocenters. The zero-order valence-corrected chi connectivity index (χ0v) is 20.9. The Balaban J connectivity index is 1.81. The van der Waals surface area contributed by atoms with Crippen LogP contribution in [0.2, 0.25) is 5.02 Å². The Morgan fingerprint density at radius 3 is 2.31 bits per heavy atom. The van der Waals surface area contributed by atoms with Gasteiger partial charge in [0.15, 0.2) is 5.75 Å². The molecule has 0 radical (unpaired) electrons. The number of halogens is 3. The number of rotatable bonds is 11. The molecule has 0 aliphatic rings. The van der Waals surface area contributed by atoms with E-state index in [1.165, 1.54) is 24.3 Å². The minimum absolute atomic E-state index is 0.0215. The molecule has 0 saturated heterocycles. The second kappa shape index (κ2) is 10.7. The van der Waals surface area contributed by atoms with E-state index in [2.05, 4.69) is 5.32 Å². The molecule has 1 unspecified atom stereocenters. The first-order chi connectivity index (χ1) is 16.4. The van der Waals surface area contributed by atoms with Crippen LogP contribution in [0.4, 0.5) is 20.2 Å². The monoisotopic (exact) mass is 526 g/mol. The number of anilines is 2. The molecule has 188 valence electrons. The van der Waals surface area contributed by atoms with E-state index in [1.54, 1.807) is 20.8 Å². The van der Waals surface area contributed by atoms with Gasteiger partial charge in [0.1, 0.15) is 17.3 Å². The van der Waals surface area contributed by atoms with Crippen LogP contribution in [0, 0.1) is 11.6 Å². The molecule has 0 aliphatic heterocycles. The maximum Gasteiger partial charge on any atom is 0.272 e. The average Bonchev–Trinajstić information content (AvgIpc) is 2.80. The van der Waals surface area contributed by atoms with Crippen LogP contribution in [0.25, 0.3) is 0 Å². The van der Waals surface area contributed by atoms with Crippen LogP contribution in [0.5, 0.6) is 5.75 Å². The summed E-state index contributed by atoms with van der Waals surface area (Å²) in [6.07, 6.45) is 0.294. The van der Waals surface area contributed by atoms with E-state index in [-0.39, 0.29) is 35.4 Å². The number of benzene rings is 2. The van der Waals surface area contributed by atoms with Crippen molar-refractivity contribution < 1.29 is 21.9 Å². The molecule has 0 aliphatic carbocycles. The van der Waals surface area contributed by atoms with E-state index in [0.717, 1.165) is 22.5 Å². The van der Waals surface area contributed by atoms with Crippen LogP contribution in [0.3, 0.4) is 0 Å². The number of nitrogens with one attached hydrogen (secondary N) is 1. The largest absolute Gasteiger partial charge is 0.485 e. The molecule has 0 saturated carbocycles. The van der Waals surface area contributed by atoms with Gasteiger partial charge in [-0.2, -0.15) is 0 Å². The lowest BCUT2D eigenvalue weighted by Gasteiger charge is -2.31. The molecule has 0 amide bonds. The van der Waals surface area contributed by atoms with E-state index in [9.17, 15) is 26.8 Å². The van der Waals surface area contributed by atoms with Crippen molar-refractivity contribution in [3.63, 3.8) is 0 Å². The Labute approximate surface area is 207 Å². The van der Waals surface area contributed by atoms with Gasteiger partial charge in [-0.1, -0.05) is 11.6 Å². The van der Waals surface area contributed by atoms with Crippen molar-refractivity contribution in [2.45, 2.75) is 50.7 Å². The zero-order valence-electron chi connectivity index (χ0n) is 19.3. The van der Waals surface area contributed by atoms with Gasteiger partial charge in [0.2, 0.25) is 0 Å². The lowest BCUT2D eigenvalue weighted by Crippen LogP contribution is -2.40. The van der Waals surface area contributed by atoms with Crippen LogP contribution in [0.1, 0.15) is 33.6 Å². The van der Waals surface area contributed by atoms with Gasteiger partial charge in [-0.3, -0.25) is 13.9 Å². The topological polar surface area (TPSA) is 92.8 Å². The quantitative estimate of drug-likeness (QED) is 0.292. The fourth-order valence-corrected chi connectivity index (χ4v) is 5.40. The summed E-state index contributed by atoms with van der Waals surface area (Å²) in [6, 6.07) is 7.18. The van der Waals surface area contributed by atoms with E-state index in [1.807, 2.05) is 0 Å². The minimum Gasteiger partial charge on any atom is -0.485 e. The van der Waals surface area contributed by atoms with Crippen LogP contribution in [0.15, 0.2) is 56.9 Å². The second-order valence-corrected chi connectivity index (χ2v) is 10.5. The van der Waals surface area contributed by atoms with E-state index in [0.29, 0.717) is 11.4 Å². The molecule has 1 N–H and O–H groups in total.